The number of halogens is 2. The molecule has 3 aromatic rings. The minimum Gasteiger partial charge on any atom is -0.351 e. The zero-order chi connectivity index (χ0) is 20.1. The highest BCUT2D eigenvalue weighted by Gasteiger charge is 2.15. The smallest absolute Gasteiger partial charge is 0.230 e. The lowest BCUT2D eigenvalue weighted by Crippen LogP contribution is -2.24. The third-order valence-corrected chi connectivity index (χ3v) is 5.80. The predicted octanol–water partition coefficient (Wildman–Crippen LogP) is 4.99. The van der Waals surface area contributed by atoms with Crippen LogP contribution in [0.3, 0.4) is 0 Å². The van der Waals surface area contributed by atoms with Crippen LogP contribution < -0.4 is 5.32 Å². The first kappa shape index (κ1) is 20.7. The molecule has 0 saturated carbocycles. The highest BCUT2D eigenvalue weighted by atomic mass is 35.5. The van der Waals surface area contributed by atoms with Crippen molar-refractivity contribution >= 4 is 40.9 Å². The van der Waals surface area contributed by atoms with Crippen LogP contribution in [0.4, 0.5) is 0 Å². The predicted molar refractivity (Wildman–Crippen MR) is 115 cm³/mol. The molecule has 0 saturated heterocycles. The van der Waals surface area contributed by atoms with Gasteiger partial charge in [0.15, 0.2) is 11.0 Å². The van der Waals surface area contributed by atoms with E-state index in [4.69, 9.17) is 23.2 Å². The van der Waals surface area contributed by atoms with E-state index in [1.54, 1.807) is 18.2 Å². The van der Waals surface area contributed by atoms with Gasteiger partial charge in [0.1, 0.15) is 0 Å². The first-order valence-electron chi connectivity index (χ1n) is 8.82. The van der Waals surface area contributed by atoms with Gasteiger partial charge in [-0.2, -0.15) is 0 Å². The number of rotatable bonds is 7. The fourth-order valence-corrected chi connectivity index (χ4v) is 4.05. The number of thioether (sulfide) groups is 1. The summed E-state index contributed by atoms with van der Waals surface area (Å²) in [4.78, 5) is 12.2. The van der Waals surface area contributed by atoms with E-state index >= 15 is 0 Å². The van der Waals surface area contributed by atoms with Crippen LogP contribution >= 0.6 is 35.0 Å². The standard InChI is InChI=1S/C20H20Cl2N4OS/c1-3-26-19(16-7-5-4-6-13(16)2)24-25-20(26)28-12-18(27)23-11-14-8-9-15(21)10-17(14)22/h4-10H,3,11-12H2,1-2H3,(H,23,27). The maximum Gasteiger partial charge on any atom is 0.230 e. The van der Waals surface area contributed by atoms with Gasteiger partial charge in [-0.05, 0) is 37.1 Å². The van der Waals surface area contributed by atoms with E-state index in [-0.39, 0.29) is 11.7 Å². The van der Waals surface area contributed by atoms with E-state index in [1.807, 2.05) is 42.7 Å². The van der Waals surface area contributed by atoms with Crippen LogP contribution in [0.5, 0.6) is 0 Å². The average Bonchev–Trinajstić information content (AvgIpc) is 3.08. The monoisotopic (exact) mass is 434 g/mol. The van der Waals surface area contributed by atoms with Gasteiger partial charge in [0.05, 0.1) is 5.75 Å². The summed E-state index contributed by atoms with van der Waals surface area (Å²) in [7, 11) is 0. The van der Waals surface area contributed by atoms with Gasteiger partial charge in [-0.25, -0.2) is 0 Å². The fourth-order valence-electron chi connectivity index (χ4n) is 2.74. The highest BCUT2D eigenvalue weighted by Crippen LogP contribution is 2.26. The van der Waals surface area contributed by atoms with Crippen molar-refractivity contribution in [3.63, 3.8) is 0 Å². The normalized spacial score (nSPS) is 10.9. The van der Waals surface area contributed by atoms with Crippen molar-refractivity contribution in [1.82, 2.24) is 20.1 Å². The van der Waals surface area contributed by atoms with Crippen LogP contribution in [0.15, 0.2) is 47.6 Å². The molecule has 0 radical (unpaired) electrons. The van der Waals surface area contributed by atoms with Gasteiger partial charge in [0.2, 0.25) is 5.91 Å². The number of aryl methyl sites for hydroxylation is 1. The maximum atomic E-state index is 12.2. The fraction of sp³-hybridized carbons (Fsp3) is 0.250. The van der Waals surface area contributed by atoms with Crippen molar-refractivity contribution in [1.29, 1.82) is 0 Å². The SMILES string of the molecule is CCn1c(SCC(=O)NCc2ccc(Cl)cc2Cl)nnc1-c1ccccc1C. The summed E-state index contributed by atoms with van der Waals surface area (Å²) in [5.74, 6) is 0.965. The number of nitrogens with zero attached hydrogens (tertiary/aromatic N) is 3. The molecule has 0 spiro atoms. The van der Waals surface area contributed by atoms with Crippen LogP contribution in [0, 0.1) is 6.92 Å². The Balaban J connectivity index is 1.63. The second kappa shape index (κ2) is 9.45. The first-order chi connectivity index (χ1) is 13.5. The van der Waals surface area contributed by atoms with Gasteiger partial charge in [0, 0.05) is 28.7 Å². The third kappa shape index (κ3) is 4.87. The summed E-state index contributed by atoms with van der Waals surface area (Å²) >= 11 is 13.4. The topological polar surface area (TPSA) is 59.8 Å². The molecule has 0 atom stereocenters. The molecule has 0 aliphatic rings. The first-order valence-corrected chi connectivity index (χ1v) is 10.6. The molecule has 0 unspecified atom stereocenters. The molecule has 3 rings (SSSR count). The number of nitrogens with one attached hydrogen (secondary N) is 1. The number of hydrogen-bond acceptors (Lipinski definition) is 4. The molecular weight excluding hydrogens is 415 g/mol. The molecular formula is C20H20Cl2N4OS. The molecule has 0 aliphatic heterocycles. The van der Waals surface area contributed by atoms with Gasteiger partial charge < -0.3 is 9.88 Å². The number of amides is 1. The lowest BCUT2D eigenvalue weighted by atomic mass is 10.1. The van der Waals surface area contributed by atoms with E-state index in [2.05, 4.69) is 15.5 Å². The summed E-state index contributed by atoms with van der Waals surface area (Å²) in [5, 5.41) is 13.3. The number of carbonyl (C=O) groups excluding carboxylic acids is 1. The van der Waals surface area contributed by atoms with Gasteiger partial charge >= 0.3 is 0 Å². The Morgan fingerprint density at radius 2 is 1.96 bits per heavy atom. The van der Waals surface area contributed by atoms with E-state index in [1.165, 1.54) is 11.8 Å². The molecule has 1 amide bonds. The van der Waals surface area contributed by atoms with Gasteiger partial charge in [-0.15, -0.1) is 10.2 Å². The highest BCUT2D eigenvalue weighted by molar-refractivity contribution is 7.99. The van der Waals surface area contributed by atoms with Crippen LogP contribution in [0.25, 0.3) is 11.4 Å². The molecule has 28 heavy (non-hydrogen) atoms. The summed E-state index contributed by atoms with van der Waals surface area (Å²) in [5.41, 5.74) is 3.01. The second-order valence-electron chi connectivity index (χ2n) is 6.17. The molecule has 8 heteroatoms. The molecule has 0 bridgehead atoms. The molecule has 1 N–H and O–H groups in total. The molecule has 1 aromatic heterocycles. The lowest BCUT2D eigenvalue weighted by Gasteiger charge is -2.10. The van der Waals surface area contributed by atoms with E-state index in [0.717, 1.165) is 34.2 Å². The van der Waals surface area contributed by atoms with Gasteiger partial charge in [0.25, 0.3) is 0 Å². The van der Waals surface area contributed by atoms with Crippen LogP contribution in [-0.4, -0.2) is 26.4 Å². The quantitative estimate of drug-likeness (QED) is 0.532. The third-order valence-electron chi connectivity index (χ3n) is 4.24. The van der Waals surface area contributed by atoms with Crippen molar-refractivity contribution < 1.29 is 4.79 Å². The van der Waals surface area contributed by atoms with Crippen molar-refractivity contribution in [3.05, 3.63) is 63.6 Å². The lowest BCUT2D eigenvalue weighted by molar-refractivity contribution is -0.118. The molecule has 0 fully saturated rings. The van der Waals surface area contributed by atoms with Crippen LogP contribution in [-0.2, 0) is 17.9 Å². The van der Waals surface area contributed by atoms with Crippen LogP contribution in [0.2, 0.25) is 10.0 Å². The zero-order valence-corrected chi connectivity index (χ0v) is 17.9. The van der Waals surface area contributed by atoms with E-state index < -0.39 is 0 Å². The summed E-state index contributed by atoms with van der Waals surface area (Å²) in [6.45, 7) is 5.16. The number of carbonyl (C=O) groups is 1. The molecule has 2 aromatic carbocycles. The average molecular weight is 435 g/mol. The van der Waals surface area contributed by atoms with Gasteiger partial charge in [-0.1, -0.05) is 65.3 Å². The number of benzene rings is 2. The summed E-state index contributed by atoms with van der Waals surface area (Å²) in [6.07, 6.45) is 0. The minimum atomic E-state index is -0.0980. The maximum absolute atomic E-state index is 12.2. The molecule has 146 valence electrons. The molecule has 0 aliphatic carbocycles. The number of aromatic nitrogens is 3. The minimum absolute atomic E-state index is 0.0980. The van der Waals surface area contributed by atoms with Crippen molar-refractivity contribution in [2.75, 3.05) is 5.75 Å². The second-order valence-corrected chi connectivity index (χ2v) is 7.95. The Hall–Kier alpha value is -2.02. The van der Waals surface area contributed by atoms with E-state index in [9.17, 15) is 4.79 Å². The van der Waals surface area contributed by atoms with Crippen molar-refractivity contribution in [3.8, 4) is 11.4 Å². The Morgan fingerprint density at radius 3 is 2.68 bits per heavy atom. The van der Waals surface area contributed by atoms with Crippen molar-refractivity contribution in [2.45, 2.75) is 32.1 Å². The summed E-state index contributed by atoms with van der Waals surface area (Å²) < 4.78 is 2.02. The number of hydrogen-bond donors (Lipinski definition) is 1. The summed E-state index contributed by atoms with van der Waals surface area (Å²) in [6, 6.07) is 13.3. The Labute approximate surface area is 178 Å². The Morgan fingerprint density at radius 1 is 1.18 bits per heavy atom. The van der Waals surface area contributed by atoms with Crippen LogP contribution in [0.1, 0.15) is 18.1 Å². The zero-order valence-electron chi connectivity index (χ0n) is 15.6. The Bertz CT molecular complexity index is 990. The van der Waals surface area contributed by atoms with Crippen molar-refractivity contribution in [2.24, 2.45) is 0 Å². The van der Waals surface area contributed by atoms with Gasteiger partial charge in [-0.3, -0.25) is 4.79 Å². The van der Waals surface area contributed by atoms with E-state index in [0.29, 0.717) is 16.6 Å². The largest absolute Gasteiger partial charge is 0.351 e. The molecule has 1 heterocycles. The molecule has 5 nitrogen and oxygen atoms in total. The Kier molecular flexibility index (Phi) is 6.99.